The van der Waals surface area contributed by atoms with Gasteiger partial charge in [0.15, 0.2) is 0 Å². The van der Waals surface area contributed by atoms with Gasteiger partial charge in [-0.25, -0.2) is 5.43 Å². The molecule has 166 valence electrons. The Morgan fingerprint density at radius 3 is 2.61 bits per heavy atom. The first kappa shape index (κ1) is 22.6. The summed E-state index contributed by atoms with van der Waals surface area (Å²) in [4.78, 5) is 12.3. The van der Waals surface area contributed by atoms with E-state index in [4.69, 9.17) is 11.6 Å². The summed E-state index contributed by atoms with van der Waals surface area (Å²) < 4.78 is 1.94. The summed E-state index contributed by atoms with van der Waals surface area (Å²) in [6, 6.07) is 21.9. The zero-order valence-electron chi connectivity index (χ0n) is 17.7. The highest BCUT2D eigenvalue weighted by Crippen LogP contribution is 2.21. The molecule has 0 atom stereocenters. The zero-order valence-corrected chi connectivity index (χ0v) is 19.2. The van der Waals surface area contributed by atoms with Gasteiger partial charge in [-0.15, -0.1) is 5.10 Å². The molecule has 0 saturated carbocycles. The van der Waals surface area contributed by atoms with Gasteiger partial charge in [0.2, 0.25) is 0 Å². The van der Waals surface area contributed by atoms with E-state index in [1.165, 1.54) is 24.0 Å². The lowest BCUT2D eigenvalue weighted by molar-refractivity contribution is -0.625. The number of nitrogens with zero attached hydrogens (tertiary/aromatic N) is 3. The summed E-state index contributed by atoms with van der Waals surface area (Å²) >= 11 is 7.33. The summed E-state index contributed by atoms with van der Waals surface area (Å²) in [5.41, 5.74) is 5.82. The van der Waals surface area contributed by atoms with Crippen molar-refractivity contribution >= 4 is 35.5 Å². The number of hydrazone groups is 1. The SMILES string of the molecule is Cc1ccc(-c2[nH]nc(SCC(=O)NN=Cc3ccccc3[O-])[n+]2-c2ccc(Cl)cc2)cc1. The number of aromatic amines is 1. The van der Waals surface area contributed by atoms with Gasteiger partial charge in [-0.3, -0.25) is 4.79 Å². The van der Waals surface area contributed by atoms with Gasteiger partial charge in [0.25, 0.3) is 11.7 Å². The number of halogens is 1. The van der Waals surface area contributed by atoms with Crippen LogP contribution in [0.5, 0.6) is 5.75 Å². The Labute approximate surface area is 200 Å². The van der Waals surface area contributed by atoms with Crippen LogP contribution in [0.25, 0.3) is 17.1 Å². The Morgan fingerprint density at radius 2 is 1.88 bits per heavy atom. The predicted molar refractivity (Wildman–Crippen MR) is 128 cm³/mol. The van der Waals surface area contributed by atoms with Crippen molar-refractivity contribution < 1.29 is 14.5 Å². The zero-order chi connectivity index (χ0) is 23.2. The Balaban J connectivity index is 1.52. The molecule has 0 aliphatic heterocycles. The number of carbonyl (C=O) groups excluding carboxylic acids is 1. The van der Waals surface area contributed by atoms with Gasteiger partial charge in [0, 0.05) is 5.02 Å². The molecular weight excluding hydrogens is 458 g/mol. The number of benzene rings is 3. The van der Waals surface area contributed by atoms with Crippen LogP contribution in [0.3, 0.4) is 0 Å². The second kappa shape index (κ2) is 10.3. The van der Waals surface area contributed by atoms with E-state index in [1.54, 1.807) is 30.3 Å². The summed E-state index contributed by atoms with van der Waals surface area (Å²) in [6.07, 6.45) is 1.34. The van der Waals surface area contributed by atoms with Gasteiger partial charge in [-0.2, -0.15) is 9.67 Å². The summed E-state index contributed by atoms with van der Waals surface area (Å²) in [7, 11) is 0. The van der Waals surface area contributed by atoms with Crippen LogP contribution in [0.1, 0.15) is 11.1 Å². The number of carbonyl (C=O) groups is 1. The van der Waals surface area contributed by atoms with Crippen molar-refractivity contribution in [2.24, 2.45) is 5.10 Å². The van der Waals surface area contributed by atoms with Gasteiger partial charge in [-0.05, 0) is 60.6 Å². The standard InChI is InChI=1S/C24H20ClN5O2S/c1-16-6-8-17(9-7-16)23-28-29-24(30(23)20-12-10-19(25)11-13-20)33-15-22(32)27-26-14-18-4-2-3-5-21(18)31/h2-14H,15H2,1H3,(H2,26,27,31,32). The first-order valence-corrected chi connectivity index (χ1v) is 11.4. The van der Waals surface area contributed by atoms with E-state index in [-0.39, 0.29) is 17.4 Å². The first-order valence-electron chi connectivity index (χ1n) is 10.1. The van der Waals surface area contributed by atoms with E-state index in [1.807, 2.05) is 47.9 Å². The number of aryl methyl sites for hydroxylation is 1. The van der Waals surface area contributed by atoms with Crippen LogP contribution in [0, 0.1) is 6.92 Å². The molecule has 0 aliphatic carbocycles. The van der Waals surface area contributed by atoms with Gasteiger partial charge in [0.05, 0.1) is 22.6 Å². The fraction of sp³-hybridized carbons (Fsp3) is 0.0833. The van der Waals surface area contributed by atoms with Crippen molar-refractivity contribution in [3.8, 4) is 22.8 Å². The molecule has 0 bridgehead atoms. The largest absolute Gasteiger partial charge is 0.872 e. The van der Waals surface area contributed by atoms with E-state index < -0.39 is 0 Å². The highest BCUT2D eigenvalue weighted by molar-refractivity contribution is 7.99. The summed E-state index contributed by atoms with van der Waals surface area (Å²) in [5.74, 6) is 0.392. The van der Waals surface area contributed by atoms with Crippen molar-refractivity contribution in [2.75, 3.05) is 5.75 Å². The van der Waals surface area contributed by atoms with Crippen LogP contribution in [0.2, 0.25) is 5.02 Å². The third-order valence-corrected chi connectivity index (χ3v) is 5.92. The molecule has 0 saturated heterocycles. The van der Waals surface area contributed by atoms with E-state index >= 15 is 0 Å². The van der Waals surface area contributed by atoms with Crippen molar-refractivity contribution in [1.29, 1.82) is 0 Å². The third kappa shape index (κ3) is 5.60. The number of thioether (sulfide) groups is 1. The fourth-order valence-corrected chi connectivity index (χ4v) is 3.94. The van der Waals surface area contributed by atoms with Crippen molar-refractivity contribution in [3.63, 3.8) is 0 Å². The van der Waals surface area contributed by atoms with Crippen LogP contribution >= 0.6 is 23.4 Å². The van der Waals surface area contributed by atoms with Gasteiger partial charge in [-0.1, -0.05) is 59.3 Å². The molecule has 33 heavy (non-hydrogen) atoms. The number of rotatable bonds is 7. The van der Waals surface area contributed by atoms with Crippen molar-refractivity contribution in [3.05, 3.63) is 88.9 Å². The monoisotopic (exact) mass is 477 g/mol. The molecule has 1 amide bonds. The Bertz CT molecular complexity index is 1290. The number of aromatic nitrogens is 3. The van der Waals surface area contributed by atoms with Gasteiger partial charge in [0.1, 0.15) is 5.69 Å². The molecule has 0 spiro atoms. The second-order valence-corrected chi connectivity index (χ2v) is 8.53. The molecule has 4 aromatic rings. The van der Waals surface area contributed by atoms with Crippen molar-refractivity contribution in [2.45, 2.75) is 12.1 Å². The van der Waals surface area contributed by atoms with Crippen LogP contribution in [0.4, 0.5) is 0 Å². The highest BCUT2D eigenvalue weighted by atomic mass is 35.5. The molecule has 9 heteroatoms. The Morgan fingerprint density at radius 1 is 1.15 bits per heavy atom. The molecule has 7 nitrogen and oxygen atoms in total. The van der Waals surface area contributed by atoms with Crippen molar-refractivity contribution in [1.82, 2.24) is 15.6 Å². The van der Waals surface area contributed by atoms with E-state index in [0.717, 1.165) is 22.6 Å². The highest BCUT2D eigenvalue weighted by Gasteiger charge is 2.24. The quantitative estimate of drug-likeness (QED) is 0.184. The molecule has 0 fully saturated rings. The molecule has 0 radical (unpaired) electrons. The van der Waals surface area contributed by atoms with Gasteiger partial charge < -0.3 is 5.11 Å². The van der Waals surface area contributed by atoms with E-state index in [9.17, 15) is 9.90 Å². The second-order valence-electron chi connectivity index (χ2n) is 7.15. The number of H-pyrrole nitrogens is 1. The maximum Gasteiger partial charge on any atom is 0.342 e. The molecule has 3 aromatic carbocycles. The minimum Gasteiger partial charge on any atom is -0.872 e. The number of amides is 1. The van der Waals surface area contributed by atoms with E-state index in [2.05, 4.69) is 20.7 Å². The minimum absolute atomic E-state index is 0.0855. The first-order chi connectivity index (χ1) is 16.0. The maximum atomic E-state index is 12.3. The average Bonchev–Trinajstić information content (AvgIpc) is 3.24. The van der Waals surface area contributed by atoms with Crippen LogP contribution < -0.4 is 15.1 Å². The predicted octanol–water partition coefficient (Wildman–Crippen LogP) is 3.63. The molecule has 1 heterocycles. The Hall–Kier alpha value is -3.62. The number of nitrogens with one attached hydrogen (secondary N) is 2. The normalized spacial score (nSPS) is 11.1. The lowest BCUT2D eigenvalue weighted by atomic mass is 10.1. The molecular formula is C24H20ClN5O2S. The molecule has 4 rings (SSSR count). The third-order valence-electron chi connectivity index (χ3n) is 4.73. The topological polar surface area (TPSA) is 97.1 Å². The number of hydrogen-bond acceptors (Lipinski definition) is 5. The number of para-hydroxylation sites is 1. The fourth-order valence-electron chi connectivity index (χ4n) is 3.05. The summed E-state index contributed by atoms with van der Waals surface area (Å²) in [5, 5.41) is 24.3. The smallest absolute Gasteiger partial charge is 0.342 e. The molecule has 0 aliphatic rings. The minimum atomic E-state index is -0.317. The average molecular weight is 478 g/mol. The lowest BCUT2D eigenvalue weighted by Crippen LogP contribution is -2.34. The molecule has 2 N–H and O–H groups in total. The maximum absolute atomic E-state index is 12.3. The van der Waals surface area contributed by atoms with Gasteiger partial charge >= 0.3 is 5.16 Å². The van der Waals surface area contributed by atoms with Crippen LogP contribution in [-0.2, 0) is 4.79 Å². The van der Waals surface area contributed by atoms with Crippen LogP contribution in [-0.4, -0.2) is 28.1 Å². The molecule has 1 aromatic heterocycles. The lowest BCUT2D eigenvalue weighted by Gasteiger charge is -2.07. The molecule has 0 unspecified atom stereocenters. The Kier molecular flexibility index (Phi) is 7.07. The summed E-state index contributed by atoms with van der Waals surface area (Å²) in [6.45, 7) is 2.03. The van der Waals surface area contributed by atoms with E-state index in [0.29, 0.717) is 15.7 Å². The van der Waals surface area contributed by atoms with Crippen LogP contribution in [0.15, 0.2) is 83.1 Å². The number of hydrogen-bond donors (Lipinski definition) is 2.